The van der Waals surface area contributed by atoms with Gasteiger partial charge in [0.2, 0.25) is 0 Å². The van der Waals surface area contributed by atoms with Crippen molar-refractivity contribution in [3.63, 3.8) is 0 Å². The average molecular weight is 330 g/mol. The molecule has 0 aliphatic carbocycles. The van der Waals surface area contributed by atoms with E-state index in [1.807, 2.05) is 0 Å². The predicted octanol–water partition coefficient (Wildman–Crippen LogP) is 4.53. The summed E-state index contributed by atoms with van der Waals surface area (Å²) in [5, 5.41) is 5.51. The van der Waals surface area contributed by atoms with Gasteiger partial charge in [0.1, 0.15) is 11.6 Å². The lowest BCUT2D eigenvalue weighted by Crippen LogP contribution is -2.20. The summed E-state index contributed by atoms with van der Waals surface area (Å²) in [4.78, 5) is 0. The second-order valence-corrected chi connectivity index (χ2v) is 4.57. The number of hydrogen-bond acceptors (Lipinski definition) is 2. The first-order chi connectivity index (χ1) is 10.3. The Labute approximate surface area is 128 Å². The monoisotopic (exact) mass is 330 g/mol. The lowest BCUT2D eigenvalue weighted by Gasteiger charge is -2.13. The van der Waals surface area contributed by atoms with E-state index in [1.165, 1.54) is 36.4 Å². The highest BCUT2D eigenvalue weighted by Crippen LogP contribution is 2.25. The normalized spacial score (nSPS) is 10.9. The number of halogens is 4. The highest BCUT2D eigenvalue weighted by atomic mass is 32.1. The first kappa shape index (κ1) is 16.0. The lowest BCUT2D eigenvalue weighted by molar-refractivity contribution is -0.274. The molecule has 0 spiro atoms. The molecule has 2 N–H and O–H groups in total. The third-order valence-electron chi connectivity index (χ3n) is 2.41. The van der Waals surface area contributed by atoms with Crippen LogP contribution in [-0.2, 0) is 0 Å². The Morgan fingerprint density at radius 2 is 1.55 bits per heavy atom. The summed E-state index contributed by atoms with van der Waals surface area (Å²) in [6.07, 6.45) is -4.76. The predicted molar refractivity (Wildman–Crippen MR) is 79.4 cm³/mol. The Balaban J connectivity index is 2.01. The minimum atomic E-state index is -4.76. The van der Waals surface area contributed by atoms with Crippen LogP contribution in [0.2, 0.25) is 0 Å². The molecule has 0 saturated heterocycles. The Morgan fingerprint density at radius 1 is 0.955 bits per heavy atom. The Bertz CT molecular complexity index is 676. The van der Waals surface area contributed by atoms with Crippen molar-refractivity contribution >= 4 is 28.7 Å². The van der Waals surface area contributed by atoms with Crippen molar-refractivity contribution in [3.8, 4) is 5.75 Å². The average Bonchev–Trinajstić information content (AvgIpc) is 2.36. The molecule has 0 saturated carbocycles. The van der Waals surface area contributed by atoms with Crippen molar-refractivity contribution in [2.24, 2.45) is 0 Å². The smallest absolute Gasteiger partial charge is 0.406 e. The zero-order valence-electron chi connectivity index (χ0n) is 10.9. The molecule has 0 fully saturated rings. The van der Waals surface area contributed by atoms with Gasteiger partial charge < -0.3 is 15.4 Å². The number of thiocarbonyl (C=S) groups is 1. The van der Waals surface area contributed by atoms with Gasteiger partial charge in [0.15, 0.2) is 5.11 Å². The molecule has 0 heterocycles. The van der Waals surface area contributed by atoms with Crippen LogP contribution in [0, 0.1) is 5.82 Å². The van der Waals surface area contributed by atoms with Crippen LogP contribution < -0.4 is 15.4 Å². The molecular formula is C14H10F4N2OS. The number of benzene rings is 2. The Hall–Kier alpha value is -2.35. The maximum absolute atomic E-state index is 13.0. The molecule has 2 aromatic rings. The van der Waals surface area contributed by atoms with E-state index >= 15 is 0 Å². The van der Waals surface area contributed by atoms with E-state index in [2.05, 4.69) is 15.4 Å². The Morgan fingerprint density at radius 3 is 2.14 bits per heavy atom. The second-order valence-electron chi connectivity index (χ2n) is 4.17. The van der Waals surface area contributed by atoms with Crippen molar-refractivity contribution < 1.29 is 22.3 Å². The minimum Gasteiger partial charge on any atom is -0.406 e. The van der Waals surface area contributed by atoms with Gasteiger partial charge in [-0.15, -0.1) is 13.2 Å². The standard InChI is InChI=1S/C14H10F4N2OS/c15-9-3-1-4-10(7-9)19-13(22)20-11-5-2-6-12(8-11)21-14(16,17)18/h1-8H,(H2,19,20,22). The van der Waals surface area contributed by atoms with Crippen LogP contribution in [-0.4, -0.2) is 11.5 Å². The molecule has 0 amide bonds. The van der Waals surface area contributed by atoms with E-state index in [-0.39, 0.29) is 10.9 Å². The molecule has 0 aromatic heterocycles. The molecule has 0 atom stereocenters. The van der Waals surface area contributed by atoms with E-state index in [0.29, 0.717) is 11.4 Å². The van der Waals surface area contributed by atoms with Crippen molar-refractivity contribution in [3.05, 3.63) is 54.3 Å². The van der Waals surface area contributed by atoms with Gasteiger partial charge in [-0.25, -0.2) is 4.39 Å². The zero-order chi connectivity index (χ0) is 16.2. The molecule has 0 aliphatic rings. The van der Waals surface area contributed by atoms with Gasteiger partial charge in [0.05, 0.1) is 0 Å². The summed E-state index contributed by atoms with van der Waals surface area (Å²) in [6.45, 7) is 0. The quantitative estimate of drug-likeness (QED) is 0.640. The number of ether oxygens (including phenoxy) is 1. The maximum Gasteiger partial charge on any atom is 0.573 e. The minimum absolute atomic E-state index is 0.106. The summed E-state index contributed by atoms with van der Waals surface area (Å²) in [7, 11) is 0. The van der Waals surface area contributed by atoms with Gasteiger partial charge >= 0.3 is 6.36 Å². The fraction of sp³-hybridized carbons (Fsp3) is 0.0714. The topological polar surface area (TPSA) is 33.3 Å². The maximum atomic E-state index is 13.0. The molecule has 0 bridgehead atoms. The second kappa shape index (κ2) is 6.61. The van der Waals surface area contributed by atoms with Crippen molar-refractivity contribution in [2.45, 2.75) is 6.36 Å². The first-order valence-corrected chi connectivity index (χ1v) is 6.42. The van der Waals surface area contributed by atoms with Crippen LogP contribution in [0.3, 0.4) is 0 Å². The van der Waals surface area contributed by atoms with Gasteiger partial charge in [-0.2, -0.15) is 0 Å². The van der Waals surface area contributed by atoms with Crippen LogP contribution in [0.5, 0.6) is 5.75 Å². The molecule has 0 aliphatic heterocycles. The number of nitrogens with one attached hydrogen (secondary N) is 2. The van der Waals surface area contributed by atoms with Gasteiger partial charge in [-0.1, -0.05) is 12.1 Å². The summed E-state index contributed by atoms with van der Waals surface area (Å²) in [5.41, 5.74) is 0.718. The van der Waals surface area contributed by atoms with E-state index in [0.717, 1.165) is 6.07 Å². The van der Waals surface area contributed by atoms with Crippen LogP contribution >= 0.6 is 12.2 Å². The van der Waals surface area contributed by atoms with E-state index in [1.54, 1.807) is 6.07 Å². The molecule has 0 radical (unpaired) electrons. The van der Waals surface area contributed by atoms with Crippen molar-refractivity contribution in [2.75, 3.05) is 10.6 Å². The van der Waals surface area contributed by atoms with Crippen LogP contribution in [0.25, 0.3) is 0 Å². The zero-order valence-corrected chi connectivity index (χ0v) is 11.8. The van der Waals surface area contributed by atoms with Crippen molar-refractivity contribution in [1.82, 2.24) is 0 Å². The highest BCUT2D eigenvalue weighted by Gasteiger charge is 2.31. The van der Waals surface area contributed by atoms with Gasteiger partial charge in [0.25, 0.3) is 0 Å². The first-order valence-electron chi connectivity index (χ1n) is 6.01. The van der Waals surface area contributed by atoms with Gasteiger partial charge in [-0.3, -0.25) is 0 Å². The summed E-state index contributed by atoms with van der Waals surface area (Å²) in [5.74, 6) is -0.806. The van der Waals surface area contributed by atoms with E-state index in [9.17, 15) is 17.6 Å². The number of alkyl halides is 3. The summed E-state index contributed by atoms with van der Waals surface area (Å²) in [6, 6.07) is 10.8. The van der Waals surface area contributed by atoms with Gasteiger partial charge in [-0.05, 0) is 42.5 Å². The number of hydrogen-bond donors (Lipinski definition) is 2. The molecule has 8 heteroatoms. The van der Waals surface area contributed by atoms with Crippen LogP contribution in [0.15, 0.2) is 48.5 Å². The number of anilines is 2. The van der Waals surface area contributed by atoms with Crippen LogP contribution in [0.4, 0.5) is 28.9 Å². The van der Waals surface area contributed by atoms with E-state index in [4.69, 9.17) is 12.2 Å². The fourth-order valence-corrected chi connectivity index (χ4v) is 1.87. The SMILES string of the molecule is Fc1cccc(NC(=S)Nc2cccc(OC(F)(F)F)c2)c1. The largest absolute Gasteiger partial charge is 0.573 e. The molecule has 2 aromatic carbocycles. The lowest BCUT2D eigenvalue weighted by atomic mass is 10.3. The molecule has 2 rings (SSSR count). The third kappa shape index (κ3) is 5.21. The number of rotatable bonds is 3. The third-order valence-corrected chi connectivity index (χ3v) is 2.61. The van der Waals surface area contributed by atoms with E-state index < -0.39 is 12.2 Å². The summed E-state index contributed by atoms with van der Waals surface area (Å²) >= 11 is 5.01. The van der Waals surface area contributed by atoms with Gasteiger partial charge in [0, 0.05) is 17.4 Å². The molecule has 116 valence electrons. The highest BCUT2D eigenvalue weighted by molar-refractivity contribution is 7.80. The summed E-state index contributed by atoms with van der Waals surface area (Å²) < 4.78 is 53.3. The van der Waals surface area contributed by atoms with Crippen molar-refractivity contribution in [1.29, 1.82) is 0 Å². The van der Waals surface area contributed by atoms with Crippen LogP contribution in [0.1, 0.15) is 0 Å². The molecule has 3 nitrogen and oxygen atoms in total. The molecular weight excluding hydrogens is 320 g/mol. The molecule has 22 heavy (non-hydrogen) atoms. The molecule has 0 unspecified atom stereocenters. The fourth-order valence-electron chi connectivity index (χ4n) is 1.63. The Kier molecular flexibility index (Phi) is 4.81.